The van der Waals surface area contributed by atoms with Crippen molar-refractivity contribution in [2.24, 2.45) is 5.41 Å². The van der Waals surface area contributed by atoms with E-state index in [9.17, 15) is 0 Å². The fourth-order valence-electron chi connectivity index (χ4n) is 1.01. The van der Waals surface area contributed by atoms with Gasteiger partial charge < -0.3 is 11.7 Å². The first kappa shape index (κ1) is 26.1. The van der Waals surface area contributed by atoms with Crippen LogP contribution in [0.3, 0.4) is 0 Å². The largest absolute Gasteiger partial charge is 2.00 e. The zero-order valence-corrected chi connectivity index (χ0v) is 16.2. The zero-order chi connectivity index (χ0) is 11.6. The van der Waals surface area contributed by atoms with Crippen LogP contribution in [0, 0.1) is 12.3 Å². The van der Waals surface area contributed by atoms with Crippen LogP contribution in [-0.4, -0.2) is 36.9 Å². The summed E-state index contributed by atoms with van der Waals surface area (Å²) in [4.78, 5) is 8.19. The Bertz CT molecular complexity index is 113. The molecule has 0 aliphatic carbocycles. The predicted octanol–water partition coefficient (Wildman–Crippen LogP) is 3.98. The van der Waals surface area contributed by atoms with E-state index in [1.54, 1.807) is 0 Å². The van der Waals surface area contributed by atoms with E-state index < -0.39 is 9.04 Å². The molecule has 0 saturated heterocycles. The molecule has 0 bridgehead atoms. The summed E-state index contributed by atoms with van der Waals surface area (Å²) >= 11 is 0. The molecule has 0 aromatic heterocycles. The maximum atomic E-state index is 8.19. The zero-order valence-electron chi connectivity index (χ0n) is 11.9. The molecule has 0 aliphatic rings. The van der Waals surface area contributed by atoms with Crippen molar-refractivity contribution in [3.63, 3.8) is 0 Å². The summed E-state index contributed by atoms with van der Waals surface area (Å²) < 4.78 is 0. The third kappa shape index (κ3) is 45.2. The molecular weight excluding hydrogens is 292 g/mol. The summed E-state index contributed by atoms with van der Waals surface area (Å²) in [5.74, 6) is 0. The molecule has 0 atom stereocenters. The van der Waals surface area contributed by atoms with Crippen molar-refractivity contribution < 1.29 is 4.80 Å². The number of unbranched alkanes of at least 4 members (excludes halogenated alkanes) is 3. The number of hydrogen-bond acceptors (Lipinski definition) is 1. The van der Waals surface area contributed by atoms with Crippen molar-refractivity contribution >= 4 is 49.1 Å². The molecule has 1 nitrogen and oxygen atoms in total. The summed E-state index contributed by atoms with van der Waals surface area (Å²) in [6, 6.07) is 0. The fourth-order valence-corrected chi connectivity index (χ4v) is 1.01. The van der Waals surface area contributed by atoms with Gasteiger partial charge in [-0.05, 0) is 24.9 Å². The Balaban J connectivity index is -0.000000105. The van der Waals surface area contributed by atoms with E-state index in [2.05, 4.69) is 27.7 Å². The maximum Gasteiger partial charge on any atom is 2.00 e. The Morgan fingerprint density at radius 2 is 1.44 bits per heavy atom. The van der Waals surface area contributed by atoms with Crippen molar-refractivity contribution in [1.29, 1.82) is 0 Å². The molecule has 0 heterocycles. The Morgan fingerprint density at radius 1 is 1.06 bits per heavy atom. The SMILES string of the molecule is Br.C[SiH](C)O.[CH2-]CCCCCC(C)(C)C.[Mg+2]. The standard InChI is InChI=1S/C10H21.C2H8OSi.BrH.Mg/c1-5-6-7-8-9-10(2,3)4;1-4(2)3;;/h1,5-9H2,2-4H3;3-4H,1-2H3;1H;/q-1;;;+2. The van der Waals surface area contributed by atoms with Crippen molar-refractivity contribution in [2.45, 2.75) is 66.0 Å². The topological polar surface area (TPSA) is 20.2 Å². The van der Waals surface area contributed by atoms with Crippen LogP contribution >= 0.6 is 17.0 Å². The maximum absolute atomic E-state index is 8.19. The van der Waals surface area contributed by atoms with E-state index in [-0.39, 0.29) is 40.0 Å². The summed E-state index contributed by atoms with van der Waals surface area (Å²) in [5, 5.41) is 0. The van der Waals surface area contributed by atoms with Gasteiger partial charge in [0.05, 0.1) is 0 Å². The third-order valence-corrected chi connectivity index (χ3v) is 1.68. The molecule has 0 aromatic carbocycles. The molecule has 0 aromatic rings. The van der Waals surface area contributed by atoms with E-state index in [0.29, 0.717) is 5.41 Å². The van der Waals surface area contributed by atoms with Crippen LogP contribution in [0.25, 0.3) is 0 Å². The van der Waals surface area contributed by atoms with Crippen LogP contribution in [0.1, 0.15) is 52.9 Å². The number of hydrogen-bond donors (Lipinski definition) is 1. The minimum absolute atomic E-state index is 0. The van der Waals surface area contributed by atoms with Crippen molar-refractivity contribution in [3.8, 4) is 0 Å². The van der Waals surface area contributed by atoms with Crippen molar-refractivity contribution in [3.05, 3.63) is 6.92 Å². The molecule has 1 N–H and O–H groups in total. The number of halogens is 1. The van der Waals surface area contributed by atoms with Gasteiger partial charge in [-0.2, -0.15) is 6.42 Å². The van der Waals surface area contributed by atoms with Gasteiger partial charge >= 0.3 is 23.1 Å². The Labute approximate surface area is 131 Å². The average molecular weight is 323 g/mol. The summed E-state index contributed by atoms with van der Waals surface area (Å²) in [5.41, 5.74) is 0.529. The molecule has 0 saturated carbocycles. The summed E-state index contributed by atoms with van der Waals surface area (Å²) in [6.07, 6.45) is 6.49. The molecule has 0 unspecified atom stereocenters. The van der Waals surface area contributed by atoms with Crippen LogP contribution in [-0.2, 0) is 0 Å². The molecular formula is C12H30BrMgOSi+. The molecule has 0 radical (unpaired) electrons. The van der Waals surface area contributed by atoms with Crippen LogP contribution < -0.4 is 0 Å². The minimum atomic E-state index is -1.14. The molecule has 0 amide bonds. The molecule has 0 fully saturated rings. The second kappa shape index (κ2) is 16.4. The quantitative estimate of drug-likeness (QED) is 0.471. The first-order valence-corrected chi connectivity index (χ1v) is 8.59. The minimum Gasteiger partial charge on any atom is -0.435 e. The van der Waals surface area contributed by atoms with Gasteiger partial charge in [0.2, 0.25) is 0 Å². The van der Waals surface area contributed by atoms with Crippen LogP contribution in [0.5, 0.6) is 0 Å². The Morgan fingerprint density at radius 3 is 1.69 bits per heavy atom. The van der Waals surface area contributed by atoms with Gasteiger partial charge in [0.1, 0.15) is 0 Å². The molecule has 0 rings (SSSR count). The van der Waals surface area contributed by atoms with Crippen molar-refractivity contribution in [1.82, 2.24) is 0 Å². The smallest absolute Gasteiger partial charge is 0.435 e. The molecule has 4 heteroatoms. The third-order valence-electron chi connectivity index (χ3n) is 1.68. The van der Waals surface area contributed by atoms with Gasteiger partial charge in [-0.15, -0.1) is 17.0 Å². The van der Waals surface area contributed by atoms with Crippen molar-refractivity contribution in [2.75, 3.05) is 0 Å². The van der Waals surface area contributed by atoms with Gasteiger partial charge in [-0.25, -0.2) is 0 Å². The second-order valence-corrected chi connectivity index (χ2v) is 7.51. The van der Waals surface area contributed by atoms with Crippen LogP contribution in [0.15, 0.2) is 0 Å². The number of rotatable bonds is 4. The summed E-state index contributed by atoms with van der Waals surface area (Å²) in [6.45, 7) is 14.5. The van der Waals surface area contributed by atoms with Gasteiger partial charge in [0.25, 0.3) is 0 Å². The normalized spacial score (nSPS) is 9.75. The van der Waals surface area contributed by atoms with Gasteiger partial charge in [0, 0.05) is 0 Å². The Hall–Kier alpha value is 1.42. The predicted molar refractivity (Wildman–Crippen MR) is 85.1 cm³/mol. The molecule has 0 spiro atoms. The summed E-state index contributed by atoms with van der Waals surface area (Å²) in [7, 11) is -1.14. The second-order valence-electron chi connectivity index (χ2n) is 5.32. The van der Waals surface area contributed by atoms with Crippen LogP contribution in [0.4, 0.5) is 0 Å². The monoisotopic (exact) mass is 321 g/mol. The average Bonchev–Trinajstić information content (AvgIpc) is 1.95. The molecule has 0 aliphatic heterocycles. The molecule has 96 valence electrons. The van der Waals surface area contributed by atoms with Crippen LogP contribution in [0.2, 0.25) is 13.1 Å². The van der Waals surface area contributed by atoms with Gasteiger partial charge in [-0.1, -0.05) is 40.0 Å². The Kier molecular flexibility index (Phi) is 26.8. The van der Waals surface area contributed by atoms with E-state index >= 15 is 0 Å². The van der Waals surface area contributed by atoms with Gasteiger partial charge in [0.15, 0.2) is 9.04 Å². The first-order chi connectivity index (χ1) is 6.29. The van der Waals surface area contributed by atoms with E-state index in [0.717, 1.165) is 6.42 Å². The molecule has 16 heavy (non-hydrogen) atoms. The van der Waals surface area contributed by atoms with Gasteiger partial charge in [-0.3, -0.25) is 0 Å². The van der Waals surface area contributed by atoms with E-state index in [1.165, 1.54) is 25.7 Å². The first-order valence-electron chi connectivity index (χ1n) is 5.77. The van der Waals surface area contributed by atoms with E-state index in [1.807, 2.05) is 13.1 Å². The van der Waals surface area contributed by atoms with E-state index in [4.69, 9.17) is 4.80 Å². The fraction of sp³-hybridized carbons (Fsp3) is 0.917.